The average molecular weight is 471 g/mol. The van der Waals surface area contributed by atoms with Crippen molar-refractivity contribution in [2.24, 2.45) is 0 Å². The van der Waals surface area contributed by atoms with Crippen molar-refractivity contribution in [2.45, 2.75) is 25.4 Å². The fourth-order valence-electron chi connectivity index (χ4n) is 4.78. The molecule has 1 atom stereocenters. The first-order valence-corrected chi connectivity index (χ1v) is 11.6. The van der Waals surface area contributed by atoms with E-state index in [0.29, 0.717) is 22.5 Å². The number of amides is 1. The number of non-ortho nitro benzene ring substituents is 1. The summed E-state index contributed by atoms with van der Waals surface area (Å²) in [6.07, 6.45) is 2.12. The molecule has 2 aliphatic heterocycles. The van der Waals surface area contributed by atoms with Crippen LogP contribution in [0.15, 0.2) is 72.8 Å². The molecular formula is C27H26N4O4. The van der Waals surface area contributed by atoms with Crippen LogP contribution in [0.1, 0.15) is 29.5 Å². The van der Waals surface area contributed by atoms with Crippen LogP contribution in [0, 0.1) is 10.1 Å². The summed E-state index contributed by atoms with van der Waals surface area (Å²) in [5.41, 5.74) is 4.65. The van der Waals surface area contributed by atoms with Gasteiger partial charge in [0.05, 0.1) is 22.8 Å². The predicted molar refractivity (Wildman–Crippen MR) is 136 cm³/mol. The molecule has 8 nitrogen and oxygen atoms in total. The topological polar surface area (TPSA) is 108 Å². The number of hydrogen-bond donors (Lipinski definition) is 3. The lowest BCUT2D eigenvalue weighted by Gasteiger charge is -2.22. The number of likely N-dealkylation sites (tertiary alicyclic amines) is 1. The van der Waals surface area contributed by atoms with Gasteiger partial charge in [0.1, 0.15) is 0 Å². The van der Waals surface area contributed by atoms with Gasteiger partial charge in [0.2, 0.25) is 0 Å². The van der Waals surface area contributed by atoms with Gasteiger partial charge < -0.3 is 15.7 Å². The molecule has 8 heteroatoms. The number of aliphatic hydroxyl groups is 1. The van der Waals surface area contributed by atoms with E-state index >= 15 is 0 Å². The molecule has 0 aromatic heterocycles. The number of hydrogen-bond acceptors (Lipinski definition) is 6. The lowest BCUT2D eigenvalue weighted by Crippen LogP contribution is -2.31. The fourth-order valence-corrected chi connectivity index (χ4v) is 4.78. The molecule has 0 radical (unpaired) electrons. The highest BCUT2D eigenvalue weighted by molar-refractivity contribution is 6.37. The Bertz CT molecular complexity index is 1290. The van der Waals surface area contributed by atoms with Crippen LogP contribution in [0.2, 0.25) is 0 Å². The highest BCUT2D eigenvalue weighted by Gasteiger charge is 2.30. The quantitative estimate of drug-likeness (QED) is 0.267. The van der Waals surface area contributed by atoms with Crippen LogP contribution in [-0.4, -0.2) is 40.0 Å². The monoisotopic (exact) mass is 470 g/mol. The normalized spacial score (nSPS) is 18.8. The van der Waals surface area contributed by atoms with E-state index in [9.17, 15) is 20.0 Å². The molecule has 1 unspecified atom stereocenters. The standard InChI is InChI=1S/C27H26N4O4/c32-17-22-7-4-14-30(22)16-18-8-10-20(11-9-18)28-26(19-5-2-1-3-6-19)25-23-15-21(31(34)35)12-13-24(23)29-27(25)33/h1-3,5-6,8-13,15,22,28,32H,4,7,14,16-17H2,(H,29,33)/b26-25-. The second-order valence-corrected chi connectivity index (χ2v) is 8.83. The van der Waals surface area contributed by atoms with E-state index < -0.39 is 4.92 Å². The van der Waals surface area contributed by atoms with E-state index in [2.05, 4.69) is 15.5 Å². The number of carbonyl (C=O) groups excluding carboxylic acids is 1. The SMILES string of the molecule is O=C1Nc2ccc([N+](=O)[O-])cc2/C1=C(/Nc1ccc(CN2CCCC2CO)cc1)c1ccccc1. The van der Waals surface area contributed by atoms with Crippen molar-refractivity contribution in [3.05, 3.63) is 99.6 Å². The molecule has 3 aromatic rings. The maximum absolute atomic E-state index is 13.0. The van der Waals surface area contributed by atoms with Crippen LogP contribution in [0.3, 0.4) is 0 Å². The Morgan fingerprint density at radius 3 is 2.60 bits per heavy atom. The van der Waals surface area contributed by atoms with Gasteiger partial charge in [0.25, 0.3) is 11.6 Å². The number of carbonyl (C=O) groups is 1. The van der Waals surface area contributed by atoms with E-state index in [4.69, 9.17) is 0 Å². The number of nitrogens with one attached hydrogen (secondary N) is 2. The fraction of sp³-hybridized carbons (Fsp3) is 0.222. The Labute approximate surface area is 203 Å². The van der Waals surface area contributed by atoms with E-state index in [-0.39, 0.29) is 24.2 Å². The summed E-state index contributed by atoms with van der Waals surface area (Å²) in [7, 11) is 0. The Hall–Kier alpha value is -4.01. The minimum absolute atomic E-state index is 0.0717. The first-order valence-electron chi connectivity index (χ1n) is 11.6. The van der Waals surface area contributed by atoms with Gasteiger partial charge in [-0.1, -0.05) is 42.5 Å². The average Bonchev–Trinajstić information content (AvgIpc) is 3.46. The number of nitrogens with zero attached hydrogens (tertiary/aromatic N) is 2. The summed E-state index contributed by atoms with van der Waals surface area (Å²) >= 11 is 0. The molecule has 3 N–H and O–H groups in total. The smallest absolute Gasteiger partial charge is 0.270 e. The Morgan fingerprint density at radius 2 is 1.89 bits per heavy atom. The number of anilines is 2. The number of benzene rings is 3. The molecule has 3 aromatic carbocycles. The minimum atomic E-state index is -0.462. The van der Waals surface area contributed by atoms with Crippen molar-refractivity contribution < 1.29 is 14.8 Å². The molecule has 1 saturated heterocycles. The number of nitro benzene ring substituents is 1. The van der Waals surface area contributed by atoms with Gasteiger partial charge >= 0.3 is 0 Å². The molecule has 2 heterocycles. The second kappa shape index (κ2) is 9.69. The Balaban J connectivity index is 1.49. The molecule has 0 saturated carbocycles. The Kier molecular flexibility index (Phi) is 6.31. The van der Waals surface area contributed by atoms with Gasteiger partial charge in [-0.3, -0.25) is 19.8 Å². The zero-order valence-electron chi connectivity index (χ0n) is 19.1. The molecule has 35 heavy (non-hydrogen) atoms. The molecular weight excluding hydrogens is 444 g/mol. The van der Waals surface area contributed by atoms with E-state index in [1.165, 1.54) is 12.1 Å². The highest BCUT2D eigenvalue weighted by Crippen LogP contribution is 2.39. The Morgan fingerprint density at radius 1 is 1.11 bits per heavy atom. The molecule has 2 aliphatic rings. The number of aliphatic hydroxyl groups excluding tert-OH is 1. The van der Waals surface area contributed by atoms with Crippen LogP contribution in [-0.2, 0) is 11.3 Å². The van der Waals surface area contributed by atoms with Crippen molar-refractivity contribution in [3.8, 4) is 0 Å². The largest absolute Gasteiger partial charge is 0.395 e. The summed E-state index contributed by atoms with van der Waals surface area (Å²) in [4.78, 5) is 26.2. The second-order valence-electron chi connectivity index (χ2n) is 8.83. The zero-order valence-corrected chi connectivity index (χ0v) is 19.1. The third kappa shape index (κ3) is 4.66. The third-order valence-electron chi connectivity index (χ3n) is 6.59. The van der Waals surface area contributed by atoms with E-state index in [1.807, 2.05) is 54.6 Å². The van der Waals surface area contributed by atoms with E-state index in [0.717, 1.165) is 42.7 Å². The van der Waals surface area contributed by atoms with Crippen molar-refractivity contribution in [1.29, 1.82) is 0 Å². The lowest BCUT2D eigenvalue weighted by atomic mass is 9.99. The van der Waals surface area contributed by atoms with Crippen LogP contribution in [0.5, 0.6) is 0 Å². The summed E-state index contributed by atoms with van der Waals surface area (Å²) < 4.78 is 0. The predicted octanol–water partition coefficient (Wildman–Crippen LogP) is 4.48. The van der Waals surface area contributed by atoms with Crippen molar-refractivity contribution in [1.82, 2.24) is 4.90 Å². The summed E-state index contributed by atoms with van der Waals surface area (Å²) in [6.45, 7) is 1.93. The summed E-state index contributed by atoms with van der Waals surface area (Å²) in [5.74, 6) is -0.312. The molecule has 1 amide bonds. The zero-order chi connectivity index (χ0) is 24.4. The van der Waals surface area contributed by atoms with Crippen LogP contribution in [0.25, 0.3) is 11.3 Å². The molecule has 1 fully saturated rings. The first kappa shape index (κ1) is 22.8. The minimum Gasteiger partial charge on any atom is -0.395 e. The van der Waals surface area contributed by atoms with Crippen LogP contribution < -0.4 is 10.6 Å². The van der Waals surface area contributed by atoms with Crippen molar-refractivity contribution in [3.63, 3.8) is 0 Å². The van der Waals surface area contributed by atoms with Gasteiger partial charge in [-0.05, 0) is 48.7 Å². The van der Waals surface area contributed by atoms with Gasteiger partial charge in [-0.25, -0.2) is 0 Å². The maximum Gasteiger partial charge on any atom is 0.270 e. The van der Waals surface area contributed by atoms with Gasteiger partial charge in [-0.2, -0.15) is 0 Å². The molecule has 5 rings (SSSR count). The summed E-state index contributed by atoms with van der Waals surface area (Å²) in [6, 6.07) is 22.1. The lowest BCUT2D eigenvalue weighted by molar-refractivity contribution is -0.384. The van der Waals surface area contributed by atoms with Crippen LogP contribution in [0.4, 0.5) is 17.1 Å². The van der Waals surface area contributed by atoms with Gasteiger partial charge in [0.15, 0.2) is 0 Å². The summed E-state index contributed by atoms with van der Waals surface area (Å²) in [5, 5.41) is 27.2. The number of rotatable bonds is 7. The van der Waals surface area contributed by atoms with Crippen LogP contribution >= 0.6 is 0 Å². The first-order chi connectivity index (χ1) is 17.0. The van der Waals surface area contributed by atoms with Gasteiger partial charge in [0, 0.05) is 41.7 Å². The number of nitro groups is 1. The highest BCUT2D eigenvalue weighted by atomic mass is 16.6. The molecule has 0 bridgehead atoms. The van der Waals surface area contributed by atoms with Crippen molar-refractivity contribution in [2.75, 3.05) is 23.8 Å². The third-order valence-corrected chi connectivity index (χ3v) is 6.59. The maximum atomic E-state index is 13.0. The molecule has 0 spiro atoms. The number of fused-ring (bicyclic) bond motifs is 1. The molecule has 0 aliphatic carbocycles. The van der Waals surface area contributed by atoms with E-state index in [1.54, 1.807) is 6.07 Å². The van der Waals surface area contributed by atoms with Gasteiger partial charge in [-0.15, -0.1) is 0 Å². The molecule has 178 valence electrons. The van der Waals surface area contributed by atoms with Crippen molar-refractivity contribution >= 4 is 34.2 Å².